The molecule has 0 atom stereocenters. The second-order valence-electron chi connectivity index (χ2n) is 7.02. The molecule has 0 aliphatic carbocycles. The molecule has 0 unspecified atom stereocenters. The highest BCUT2D eigenvalue weighted by Gasteiger charge is 2.35. The van der Waals surface area contributed by atoms with Crippen molar-refractivity contribution in [3.63, 3.8) is 0 Å². The van der Waals surface area contributed by atoms with Gasteiger partial charge in [-0.15, -0.1) is 0 Å². The van der Waals surface area contributed by atoms with E-state index < -0.39 is 18.8 Å². The molecule has 0 aromatic heterocycles. The van der Waals surface area contributed by atoms with Crippen LogP contribution in [0.5, 0.6) is 5.75 Å². The first-order valence-electron chi connectivity index (χ1n) is 8.99. The van der Waals surface area contributed by atoms with E-state index in [-0.39, 0.29) is 12.8 Å². The number of rotatable bonds is 12. The Kier molecular flexibility index (Phi) is 8.84. The van der Waals surface area contributed by atoms with Gasteiger partial charge in [0, 0.05) is 0 Å². The molecule has 0 aliphatic rings. The molecule has 1 aromatic carbocycles. The van der Waals surface area contributed by atoms with Crippen molar-refractivity contribution < 1.29 is 28.1 Å². The van der Waals surface area contributed by atoms with Crippen LogP contribution < -0.4 is 10.2 Å². The number of benzene rings is 1. The highest BCUT2D eigenvalue weighted by atomic mass is 31.2. The largest absolute Gasteiger partial charge is 0.493 e. The van der Waals surface area contributed by atoms with E-state index >= 15 is 0 Å². The summed E-state index contributed by atoms with van der Waals surface area (Å²) >= 11 is 0. The van der Waals surface area contributed by atoms with Gasteiger partial charge in [0.05, 0.1) is 37.2 Å². The number of hydrogen-bond acceptors (Lipinski definition) is 6. The summed E-state index contributed by atoms with van der Waals surface area (Å²) < 4.78 is 34.5. The van der Waals surface area contributed by atoms with E-state index in [1.807, 2.05) is 38.1 Å². The minimum Gasteiger partial charge on any atom is -0.493 e. The molecule has 1 aromatic rings. The summed E-state index contributed by atoms with van der Waals surface area (Å²) in [4.78, 5) is 0. The van der Waals surface area contributed by atoms with Crippen molar-refractivity contribution in [3.8, 4) is 5.75 Å². The third kappa shape index (κ3) is 7.41. The van der Waals surface area contributed by atoms with Crippen LogP contribution in [0.4, 0.5) is 0 Å². The van der Waals surface area contributed by atoms with Gasteiger partial charge in [0.25, 0.3) is 0 Å². The normalized spacial score (nSPS) is 12.9. The number of aliphatic hydroxyl groups is 1. The maximum atomic E-state index is 12.4. The standard InChI is InChI=1S/C18H32BO6P/c1-7-23-26(21,24-8-2)13-12-22-16-11-9-10-15(14-16)19-25-18(5,6)17(3,4)20/h9-11,14,19-20H,7-8,12-13H2,1-6H3. The maximum absolute atomic E-state index is 12.4. The molecule has 148 valence electrons. The first-order valence-corrected chi connectivity index (χ1v) is 10.7. The Morgan fingerprint density at radius 1 is 1.12 bits per heavy atom. The van der Waals surface area contributed by atoms with E-state index in [0.717, 1.165) is 5.46 Å². The summed E-state index contributed by atoms with van der Waals surface area (Å²) in [6.07, 6.45) is 0.196. The van der Waals surface area contributed by atoms with Crippen molar-refractivity contribution in [1.82, 2.24) is 0 Å². The van der Waals surface area contributed by atoms with Crippen LogP contribution in [0, 0.1) is 0 Å². The lowest BCUT2D eigenvalue weighted by molar-refractivity contribution is -0.0893. The van der Waals surface area contributed by atoms with E-state index in [2.05, 4.69) is 0 Å². The first-order chi connectivity index (χ1) is 12.0. The fourth-order valence-corrected chi connectivity index (χ4v) is 3.43. The van der Waals surface area contributed by atoms with Gasteiger partial charge in [0.2, 0.25) is 0 Å². The van der Waals surface area contributed by atoms with E-state index in [1.165, 1.54) is 0 Å². The van der Waals surface area contributed by atoms with Gasteiger partial charge in [0.1, 0.15) is 5.75 Å². The molecule has 0 radical (unpaired) electrons. The number of hydrogen-bond donors (Lipinski definition) is 1. The molecule has 8 heteroatoms. The van der Waals surface area contributed by atoms with Crippen LogP contribution in [0.15, 0.2) is 24.3 Å². The Bertz CT molecular complexity index is 590. The molecule has 0 spiro atoms. The molecule has 0 saturated heterocycles. The molecule has 26 heavy (non-hydrogen) atoms. The average Bonchev–Trinajstić information content (AvgIpc) is 2.53. The van der Waals surface area contributed by atoms with Crippen molar-refractivity contribution in [3.05, 3.63) is 24.3 Å². The molecule has 1 rings (SSSR count). The lowest BCUT2D eigenvalue weighted by Crippen LogP contribution is -2.49. The Balaban J connectivity index is 2.61. The molecule has 0 amide bonds. The van der Waals surface area contributed by atoms with E-state index in [9.17, 15) is 9.67 Å². The maximum Gasteiger partial charge on any atom is 0.334 e. The highest BCUT2D eigenvalue weighted by molar-refractivity contribution is 7.53. The zero-order valence-corrected chi connectivity index (χ0v) is 17.7. The third-order valence-electron chi connectivity index (χ3n) is 4.26. The summed E-state index contributed by atoms with van der Waals surface area (Å²) in [5.41, 5.74) is -0.718. The molecule has 0 bridgehead atoms. The van der Waals surface area contributed by atoms with Crippen molar-refractivity contribution in [2.45, 2.75) is 52.7 Å². The summed E-state index contributed by atoms with van der Waals surface area (Å²) in [6.45, 7) is 11.6. The summed E-state index contributed by atoms with van der Waals surface area (Å²) in [6, 6.07) is 7.50. The predicted octanol–water partition coefficient (Wildman–Crippen LogP) is 2.87. The molecule has 0 heterocycles. The minimum atomic E-state index is -3.10. The first kappa shape index (κ1) is 23.2. The monoisotopic (exact) mass is 386 g/mol. The average molecular weight is 386 g/mol. The van der Waals surface area contributed by atoms with Gasteiger partial charge >= 0.3 is 15.1 Å². The van der Waals surface area contributed by atoms with E-state index in [0.29, 0.717) is 26.4 Å². The van der Waals surface area contributed by atoms with Crippen LogP contribution in [0.2, 0.25) is 0 Å². The zero-order valence-electron chi connectivity index (χ0n) is 16.8. The Morgan fingerprint density at radius 3 is 2.27 bits per heavy atom. The molecule has 0 fully saturated rings. The van der Waals surface area contributed by atoms with Crippen LogP contribution in [-0.4, -0.2) is 49.8 Å². The zero-order chi connectivity index (χ0) is 19.8. The van der Waals surface area contributed by atoms with Crippen LogP contribution in [0.25, 0.3) is 0 Å². The van der Waals surface area contributed by atoms with Crippen molar-refractivity contribution in [2.24, 2.45) is 0 Å². The molecule has 1 N–H and O–H groups in total. The quantitative estimate of drug-likeness (QED) is 0.440. The van der Waals surface area contributed by atoms with E-state index in [1.54, 1.807) is 27.7 Å². The number of ether oxygens (including phenoxy) is 1. The topological polar surface area (TPSA) is 74.2 Å². The summed E-state index contributed by atoms with van der Waals surface area (Å²) in [5.74, 6) is 0.659. The van der Waals surface area contributed by atoms with Crippen LogP contribution in [-0.2, 0) is 18.3 Å². The van der Waals surface area contributed by atoms with Crippen molar-refractivity contribution in [2.75, 3.05) is 26.0 Å². The Labute approximate surface area is 158 Å². The third-order valence-corrected chi connectivity index (χ3v) is 6.29. The molecule has 0 saturated carbocycles. The molecular formula is C18H32BO6P. The second-order valence-corrected chi connectivity index (χ2v) is 9.21. The fourth-order valence-electron chi connectivity index (χ4n) is 2.00. The second kappa shape index (κ2) is 9.91. The Hall–Kier alpha value is -0.845. The van der Waals surface area contributed by atoms with Crippen molar-refractivity contribution in [1.29, 1.82) is 0 Å². The van der Waals surface area contributed by atoms with Crippen LogP contribution in [0.3, 0.4) is 0 Å². The van der Waals surface area contributed by atoms with E-state index in [4.69, 9.17) is 18.4 Å². The summed E-state index contributed by atoms with van der Waals surface area (Å²) in [5, 5.41) is 10.2. The van der Waals surface area contributed by atoms with Gasteiger partial charge in [-0.3, -0.25) is 4.57 Å². The van der Waals surface area contributed by atoms with Gasteiger partial charge in [-0.1, -0.05) is 12.1 Å². The lowest BCUT2D eigenvalue weighted by Gasteiger charge is -2.37. The van der Waals surface area contributed by atoms with Crippen LogP contribution >= 0.6 is 7.60 Å². The molecular weight excluding hydrogens is 354 g/mol. The lowest BCUT2D eigenvalue weighted by atomic mass is 9.82. The molecule has 0 aliphatic heterocycles. The SMILES string of the molecule is CCOP(=O)(CCOc1cccc(BOC(C)(C)C(C)(C)O)c1)OCC. The van der Waals surface area contributed by atoms with Crippen LogP contribution in [0.1, 0.15) is 41.5 Å². The van der Waals surface area contributed by atoms with Gasteiger partial charge in [-0.05, 0) is 59.1 Å². The van der Waals surface area contributed by atoms with Gasteiger partial charge in [-0.25, -0.2) is 0 Å². The fraction of sp³-hybridized carbons (Fsp3) is 0.667. The highest BCUT2D eigenvalue weighted by Crippen LogP contribution is 2.47. The smallest absolute Gasteiger partial charge is 0.334 e. The summed E-state index contributed by atoms with van der Waals surface area (Å²) in [7, 11) is -2.75. The van der Waals surface area contributed by atoms with Gasteiger partial charge in [-0.2, -0.15) is 0 Å². The van der Waals surface area contributed by atoms with Gasteiger partial charge < -0.3 is 23.5 Å². The minimum absolute atomic E-state index is 0.196. The van der Waals surface area contributed by atoms with Gasteiger partial charge in [0.15, 0.2) is 0 Å². The Morgan fingerprint density at radius 2 is 1.73 bits per heavy atom. The van der Waals surface area contributed by atoms with Crippen molar-refractivity contribution >= 4 is 20.5 Å². The predicted molar refractivity (Wildman–Crippen MR) is 106 cm³/mol. The molecule has 6 nitrogen and oxygen atoms in total.